The molecule has 2 rings (SSSR count). The van der Waals surface area contributed by atoms with Crippen molar-refractivity contribution in [1.82, 2.24) is 4.98 Å². The summed E-state index contributed by atoms with van der Waals surface area (Å²) in [5.74, 6) is -0.796. The normalized spacial score (nSPS) is 10.8. The zero-order chi connectivity index (χ0) is 15.4. The third-order valence-electron chi connectivity index (χ3n) is 3.53. The van der Waals surface area contributed by atoms with Crippen LogP contribution in [0.15, 0.2) is 23.0 Å². The molecule has 2 aromatic rings. The number of pyridine rings is 1. The van der Waals surface area contributed by atoms with Gasteiger partial charge in [0.1, 0.15) is 11.3 Å². The van der Waals surface area contributed by atoms with Gasteiger partial charge in [-0.25, -0.2) is 4.79 Å². The van der Waals surface area contributed by atoms with E-state index in [9.17, 15) is 14.7 Å². The van der Waals surface area contributed by atoms with Crippen molar-refractivity contribution in [3.63, 3.8) is 0 Å². The number of unbranched alkanes of at least 4 members (excludes halogenated alkanes) is 2. The van der Waals surface area contributed by atoms with Crippen LogP contribution < -0.4 is 10.3 Å². The maximum absolute atomic E-state index is 11.7. The number of fused-ring (bicyclic) bond motifs is 1. The highest BCUT2D eigenvalue weighted by Crippen LogP contribution is 2.27. The number of carbonyl (C=O) groups is 1. The van der Waals surface area contributed by atoms with E-state index >= 15 is 0 Å². The lowest BCUT2D eigenvalue weighted by molar-refractivity contribution is 0.0693. The van der Waals surface area contributed by atoms with Gasteiger partial charge in [-0.15, -0.1) is 0 Å². The molecule has 0 unspecified atom stereocenters. The van der Waals surface area contributed by atoms with E-state index < -0.39 is 5.97 Å². The summed E-state index contributed by atoms with van der Waals surface area (Å²) >= 11 is 0. The van der Waals surface area contributed by atoms with Crippen LogP contribution in [0.4, 0.5) is 0 Å². The summed E-state index contributed by atoms with van der Waals surface area (Å²) in [6, 6.07) is 4.70. The summed E-state index contributed by atoms with van der Waals surface area (Å²) in [5, 5.41) is 10.0. The highest BCUT2D eigenvalue weighted by Gasteiger charge is 2.14. The largest absolute Gasteiger partial charge is 0.496 e. The van der Waals surface area contributed by atoms with Crippen LogP contribution in [0.5, 0.6) is 5.75 Å². The molecule has 1 aromatic heterocycles. The second kappa shape index (κ2) is 6.43. The van der Waals surface area contributed by atoms with E-state index in [4.69, 9.17) is 4.74 Å². The molecule has 112 valence electrons. The second-order valence-electron chi connectivity index (χ2n) is 5.02. The molecule has 0 amide bonds. The Hall–Kier alpha value is -2.30. The number of carboxylic acids is 1. The second-order valence-corrected chi connectivity index (χ2v) is 5.02. The third kappa shape index (κ3) is 3.24. The van der Waals surface area contributed by atoms with Gasteiger partial charge in [0, 0.05) is 17.5 Å². The van der Waals surface area contributed by atoms with Gasteiger partial charge < -0.3 is 14.8 Å². The van der Waals surface area contributed by atoms with E-state index in [2.05, 4.69) is 11.9 Å². The molecule has 2 N–H and O–H groups in total. The summed E-state index contributed by atoms with van der Waals surface area (Å²) in [7, 11) is 1.41. The van der Waals surface area contributed by atoms with E-state index in [0.29, 0.717) is 5.52 Å². The molecule has 1 heterocycles. The predicted molar refractivity (Wildman–Crippen MR) is 81.3 cm³/mol. The van der Waals surface area contributed by atoms with Crippen molar-refractivity contribution in [2.75, 3.05) is 7.11 Å². The molecule has 1 aromatic carbocycles. The minimum absolute atomic E-state index is 0.105. The number of hydrogen-bond acceptors (Lipinski definition) is 3. The quantitative estimate of drug-likeness (QED) is 0.801. The van der Waals surface area contributed by atoms with Crippen molar-refractivity contribution in [3.8, 4) is 5.75 Å². The topological polar surface area (TPSA) is 79.4 Å². The molecule has 0 saturated heterocycles. The monoisotopic (exact) mass is 289 g/mol. The van der Waals surface area contributed by atoms with Crippen LogP contribution in [-0.2, 0) is 6.42 Å². The SMILES string of the molecule is CCCCCc1cc(=O)[nH]c2cc(OC)c(C(=O)O)cc12. The van der Waals surface area contributed by atoms with Crippen molar-refractivity contribution in [3.05, 3.63) is 39.7 Å². The highest BCUT2D eigenvalue weighted by molar-refractivity contribution is 5.97. The number of methoxy groups -OCH3 is 1. The van der Waals surface area contributed by atoms with Gasteiger partial charge in [-0.3, -0.25) is 4.79 Å². The van der Waals surface area contributed by atoms with E-state index in [0.717, 1.165) is 36.6 Å². The van der Waals surface area contributed by atoms with Gasteiger partial charge in [-0.1, -0.05) is 19.8 Å². The molecule has 0 aliphatic heterocycles. The van der Waals surface area contributed by atoms with E-state index in [1.807, 2.05) is 0 Å². The lowest BCUT2D eigenvalue weighted by Gasteiger charge is -2.10. The maximum atomic E-state index is 11.7. The van der Waals surface area contributed by atoms with Crippen LogP contribution >= 0.6 is 0 Å². The van der Waals surface area contributed by atoms with Crippen molar-refractivity contribution < 1.29 is 14.6 Å². The van der Waals surface area contributed by atoms with E-state index in [1.165, 1.54) is 7.11 Å². The minimum Gasteiger partial charge on any atom is -0.496 e. The molecule has 0 fully saturated rings. The minimum atomic E-state index is -1.04. The van der Waals surface area contributed by atoms with E-state index in [-0.39, 0.29) is 16.9 Å². The Morgan fingerprint density at radius 1 is 1.29 bits per heavy atom. The molecule has 5 heteroatoms. The third-order valence-corrected chi connectivity index (χ3v) is 3.53. The Labute approximate surface area is 122 Å². The van der Waals surface area contributed by atoms with Gasteiger partial charge in [0.2, 0.25) is 5.56 Å². The summed E-state index contributed by atoms with van der Waals surface area (Å²) in [6.07, 6.45) is 3.91. The Morgan fingerprint density at radius 2 is 2.05 bits per heavy atom. The van der Waals surface area contributed by atoms with Gasteiger partial charge >= 0.3 is 5.97 Å². The number of nitrogens with one attached hydrogen (secondary N) is 1. The highest BCUT2D eigenvalue weighted by atomic mass is 16.5. The van der Waals surface area contributed by atoms with Gasteiger partial charge in [0.25, 0.3) is 0 Å². The molecule has 21 heavy (non-hydrogen) atoms. The standard InChI is InChI=1S/C16H19NO4/c1-3-4-5-6-10-7-15(18)17-13-9-14(21-2)12(16(19)20)8-11(10)13/h7-9H,3-6H2,1-2H3,(H,17,18)(H,19,20). The molecular weight excluding hydrogens is 270 g/mol. The number of aromatic amines is 1. The number of aromatic carboxylic acids is 1. The molecule has 0 saturated carbocycles. The van der Waals surface area contributed by atoms with Crippen LogP contribution in [0.1, 0.15) is 42.1 Å². The zero-order valence-electron chi connectivity index (χ0n) is 12.2. The maximum Gasteiger partial charge on any atom is 0.339 e. The van der Waals surface area contributed by atoms with Crippen molar-refractivity contribution in [2.24, 2.45) is 0 Å². The number of aromatic nitrogens is 1. The van der Waals surface area contributed by atoms with Crippen LogP contribution in [0.25, 0.3) is 10.9 Å². The number of benzene rings is 1. The molecule has 0 bridgehead atoms. The zero-order valence-corrected chi connectivity index (χ0v) is 12.2. The molecular formula is C16H19NO4. The molecule has 0 atom stereocenters. The number of aryl methyl sites for hydroxylation is 1. The first-order valence-corrected chi connectivity index (χ1v) is 7.04. The van der Waals surface area contributed by atoms with Gasteiger partial charge in [0.05, 0.1) is 12.6 Å². The summed E-state index contributed by atoms with van der Waals surface area (Å²) in [6.45, 7) is 2.11. The van der Waals surface area contributed by atoms with Crippen molar-refractivity contribution in [2.45, 2.75) is 32.6 Å². The average molecular weight is 289 g/mol. The van der Waals surface area contributed by atoms with Crippen LogP contribution in [0.2, 0.25) is 0 Å². The van der Waals surface area contributed by atoms with Crippen molar-refractivity contribution in [1.29, 1.82) is 0 Å². The lowest BCUT2D eigenvalue weighted by Crippen LogP contribution is -2.09. The predicted octanol–water partition coefficient (Wildman–Crippen LogP) is 2.97. The Morgan fingerprint density at radius 3 is 2.67 bits per heavy atom. The molecule has 0 aliphatic carbocycles. The Balaban J connectivity index is 2.60. The summed E-state index contributed by atoms with van der Waals surface area (Å²) < 4.78 is 5.09. The number of ether oxygens (including phenoxy) is 1. The number of H-pyrrole nitrogens is 1. The van der Waals surface area contributed by atoms with Gasteiger partial charge in [-0.2, -0.15) is 0 Å². The first-order valence-electron chi connectivity index (χ1n) is 7.04. The van der Waals surface area contributed by atoms with Crippen LogP contribution in [0, 0.1) is 0 Å². The molecule has 5 nitrogen and oxygen atoms in total. The fourth-order valence-electron chi connectivity index (χ4n) is 2.46. The number of rotatable bonds is 6. The Kier molecular flexibility index (Phi) is 4.62. The summed E-state index contributed by atoms with van der Waals surface area (Å²) in [4.78, 5) is 25.8. The average Bonchev–Trinajstić information content (AvgIpc) is 2.45. The fourth-order valence-corrected chi connectivity index (χ4v) is 2.46. The van der Waals surface area contributed by atoms with Crippen LogP contribution in [-0.4, -0.2) is 23.2 Å². The van der Waals surface area contributed by atoms with Crippen molar-refractivity contribution >= 4 is 16.9 Å². The van der Waals surface area contributed by atoms with E-state index in [1.54, 1.807) is 18.2 Å². The van der Waals surface area contributed by atoms with Gasteiger partial charge in [-0.05, 0) is 24.5 Å². The fraction of sp³-hybridized carbons (Fsp3) is 0.375. The first-order chi connectivity index (χ1) is 10.1. The van der Waals surface area contributed by atoms with Gasteiger partial charge in [0.15, 0.2) is 0 Å². The lowest BCUT2D eigenvalue weighted by atomic mass is 10.0. The summed E-state index contributed by atoms with van der Waals surface area (Å²) in [5.41, 5.74) is 1.41. The molecule has 0 spiro atoms. The first kappa shape index (κ1) is 15.1. The van der Waals surface area contributed by atoms with Crippen LogP contribution in [0.3, 0.4) is 0 Å². The number of carboxylic acid groups (broad SMARTS) is 1. The number of hydrogen-bond donors (Lipinski definition) is 2. The molecule has 0 aliphatic rings. The molecule has 0 radical (unpaired) electrons. The Bertz CT molecular complexity index is 718. The smallest absolute Gasteiger partial charge is 0.339 e.